The highest BCUT2D eigenvalue weighted by Crippen LogP contribution is 2.31. The molecule has 0 amide bonds. The van der Waals surface area contributed by atoms with E-state index in [-0.39, 0.29) is 27.0 Å². The van der Waals surface area contributed by atoms with Gasteiger partial charge < -0.3 is 4.74 Å². The predicted molar refractivity (Wildman–Crippen MR) is 93.2 cm³/mol. The number of hydrogen-bond donors (Lipinski definition) is 0. The Bertz CT molecular complexity index is 1110. The Kier molecular flexibility index (Phi) is 5.40. The summed E-state index contributed by atoms with van der Waals surface area (Å²) in [5.41, 5.74) is 0.260. The van der Waals surface area contributed by atoms with Crippen molar-refractivity contribution in [3.8, 4) is 5.13 Å². The number of esters is 1. The molecule has 2 aromatic heterocycles. The van der Waals surface area contributed by atoms with Crippen LogP contribution in [0.2, 0.25) is 5.02 Å². The summed E-state index contributed by atoms with van der Waals surface area (Å²) >= 11 is 6.78. The van der Waals surface area contributed by atoms with E-state index in [1.165, 1.54) is 23.0 Å². The Morgan fingerprint density at radius 3 is 2.74 bits per heavy atom. The lowest BCUT2D eigenvalue weighted by molar-refractivity contribution is -0.140. The molecular formula is C14H11ClF2N4O4S2. The Morgan fingerprint density at radius 2 is 2.11 bits per heavy atom. The van der Waals surface area contributed by atoms with Crippen molar-refractivity contribution in [2.24, 2.45) is 0 Å². The van der Waals surface area contributed by atoms with Crippen LogP contribution in [0.5, 0.6) is 0 Å². The number of hydrogen-bond acceptors (Lipinski definition) is 8. The van der Waals surface area contributed by atoms with Crippen LogP contribution < -0.4 is 0 Å². The van der Waals surface area contributed by atoms with Gasteiger partial charge in [-0.25, -0.2) is 21.9 Å². The molecule has 0 bridgehead atoms. The summed E-state index contributed by atoms with van der Waals surface area (Å²) in [7, 11) is -2.68. The Hall–Kier alpha value is -2.18. The van der Waals surface area contributed by atoms with Gasteiger partial charge in [0.2, 0.25) is 5.13 Å². The van der Waals surface area contributed by atoms with Crippen LogP contribution in [-0.4, -0.2) is 47.2 Å². The maximum Gasteiger partial charge on any atom is 0.306 e. The Balaban J connectivity index is 2.05. The van der Waals surface area contributed by atoms with Gasteiger partial charge in [0, 0.05) is 5.39 Å². The highest BCUT2D eigenvalue weighted by molar-refractivity contribution is 7.91. The van der Waals surface area contributed by atoms with E-state index in [9.17, 15) is 22.0 Å². The molecule has 0 aliphatic rings. The maximum atomic E-state index is 12.7. The molecule has 3 aromatic rings. The molecule has 2 heterocycles. The monoisotopic (exact) mass is 436 g/mol. The van der Waals surface area contributed by atoms with Gasteiger partial charge >= 0.3 is 5.97 Å². The molecule has 0 N–H and O–H groups in total. The lowest BCUT2D eigenvalue weighted by atomic mass is 10.2. The highest BCUT2D eigenvalue weighted by Gasteiger charge is 2.22. The molecule has 0 unspecified atom stereocenters. The number of benzene rings is 1. The number of aromatic nitrogens is 4. The van der Waals surface area contributed by atoms with Crippen molar-refractivity contribution in [1.82, 2.24) is 20.0 Å². The summed E-state index contributed by atoms with van der Waals surface area (Å²) in [4.78, 5) is 11.1. The summed E-state index contributed by atoms with van der Waals surface area (Å²) in [6.45, 7) is 0. The highest BCUT2D eigenvalue weighted by atomic mass is 35.5. The van der Waals surface area contributed by atoms with Gasteiger partial charge in [-0.1, -0.05) is 22.9 Å². The fraction of sp³-hybridized carbons (Fsp3) is 0.286. The average Bonchev–Trinajstić information content (AvgIpc) is 3.26. The van der Waals surface area contributed by atoms with Crippen LogP contribution in [0.1, 0.15) is 17.9 Å². The van der Waals surface area contributed by atoms with E-state index in [0.29, 0.717) is 16.7 Å². The van der Waals surface area contributed by atoms with Crippen molar-refractivity contribution < 1.29 is 26.7 Å². The van der Waals surface area contributed by atoms with E-state index in [1.807, 2.05) is 0 Å². The SMILES string of the molecule is COC(=O)CCS(=O)(=O)c1cc(Cl)c2cnn(-c3nnc(C(F)F)s3)c2c1. The molecule has 0 radical (unpaired) electrons. The molecule has 0 aliphatic carbocycles. The second-order valence-electron chi connectivity index (χ2n) is 5.26. The molecule has 13 heteroatoms. The number of ether oxygens (including phenoxy) is 1. The molecule has 27 heavy (non-hydrogen) atoms. The van der Waals surface area contributed by atoms with E-state index in [2.05, 4.69) is 20.0 Å². The largest absolute Gasteiger partial charge is 0.469 e. The average molecular weight is 437 g/mol. The minimum Gasteiger partial charge on any atom is -0.469 e. The van der Waals surface area contributed by atoms with Crippen LogP contribution in [0, 0.1) is 0 Å². The first-order valence-electron chi connectivity index (χ1n) is 7.31. The Morgan fingerprint density at radius 1 is 1.37 bits per heavy atom. The topological polar surface area (TPSA) is 104 Å². The summed E-state index contributed by atoms with van der Waals surface area (Å²) in [6.07, 6.45) is -1.73. The zero-order valence-electron chi connectivity index (χ0n) is 13.6. The van der Waals surface area contributed by atoms with E-state index in [4.69, 9.17) is 11.6 Å². The lowest BCUT2D eigenvalue weighted by Crippen LogP contribution is -2.12. The number of halogens is 3. The first-order chi connectivity index (χ1) is 12.7. The second-order valence-corrected chi connectivity index (χ2v) is 8.77. The zero-order chi connectivity index (χ0) is 19.8. The maximum absolute atomic E-state index is 12.7. The number of methoxy groups -OCH3 is 1. The van der Waals surface area contributed by atoms with Crippen molar-refractivity contribution in [1.29, 1.82) is 0 Å². The van der Waals surface area contributed by atoms with Gasteiger partial charge in [-0.3, -0.25) is 4.79 Å². The second kappa shape index (κ2) is 7.44. The fourth-order valence-electron chi connectivity index (χ4n) is 2.23. The third kappa shape index (κ3) is 3.92. The number of alkyl halides is 2. The van der Waals surface area contributed by atoms with Crippen molar-refractivity contribution in [2.45, 2.75) is 17.7 Å². The van der Waals surface area contributed by atoms with Crippen LogP contribution in [0.15, 0.2) is 23.2 Å². The van der Waals surface area contributed by atoms with Gasteiger partial charge in [0.05, 0.1) is 40.9 Å². The molecule has 0 aliphatic heterocycles. The lowest BCUT2D eigenvalue weighted by Gasteiger charge is -2.06. The van der Waals surface area contributed by atoms with Gasteiger partial charge in [0.15, 0.2) is 14.8 Å². The van der Waals surface area contributed by atoms with Gasteiger partial charge in [-0.2, -0.15) is 5.10 Å². The molecule has 0 fully saturated rings. The van der Waals surface area contributed by atoms with Crippen molar-refractivity contribution >= 4 is 49.6 Å². The quantitative estimate of drug-likeness (QED) is 0.547. The number of sulfone groups is 1. The molecule has 144 valence electrons. The number of nitrogens with zero attached hydrogens (tertiary/aromatic N) is 4. The van der Waals surface area contributed by atoms with Crippen LogP contribution in [0.25, 0.3) is 16.0 Å². The van der Waals surface area contributed by atoms with Crippen molar-refractivity contribution in [3.05, 3.63) is 28.4 Å². The molecule has 3 rings (SSSR count). The number of carbonyl (C=O) groups excluding carboxylic acids is 1. The molecule has 0 atom stereocenters. The van der Waals surface area contributed by atoms with Crippen LogP contribution in [0.4, 0.5) is 8.78 Å². The molecule has 0 spiro atoms. The van der Waals surface area contributed by atoms with Crippen LogP contribution >= 0.6 is 22.9 Å². The summed E-state index contributed by atoms with van der Waals surface area (Å²) in [6, 6.07) is 2.54. The van der Waals surface area contributed by atoms with E-state index < -0.39 is 33.0 Å². The zero-order valence-corrected chi connectivity index (χ0v) is 16.0. The molecular weight excluding hydrogens is 426 g/mol. The minimum atomic E-state index is -3.84. The first-order valence-corrected chi connectivity index (χ1v) is 10.2. The summed E-state index contributed by atoms with van der Waals surface area (Å²) in [5.74, 6) is -1.13. The Labute approximate surface area is 160 Å². The molecule has 0 saturated heterocycles. The normalized spacial score (nSPS) is 12.0. The first kappa shape index (κ1) is 19.6. The predicted octanol–water partition coefficient (Wildman–Crippen LogP) is 2.80. The standard InChI is InChI=1S/C14H11ClF2N4O4S2/c1-25-11(22)2-3-27(23,24)7-4-9(15)8-6-18-21(10(8)5-7)14-20-19-13(26-14)12(16)17/h4-6,12H,2-3H2,1H3. The molecule has 0 saturated carbocycles. The molecule has 8 nitrogen and oxygen atoms in total. The number of fused-ring (bicyclic) bond motifs is 1. The van der Waals surface area contributed by atoms with Gasteiger partial charge in [-0.15, -0.1) is 10.2 Å². The van der Waals surface area contributed by atoms with E-state index in [1.54, 1.807) is 0 Å². The molecule has 1 aromatic carbocycles. The van der Waals surface area contributed by atoms with E-state index >= 15 is 0 Å². The van der Waals surface area contributed by atoms with Gasteiger partial charge in [-0.05, 0) is 12.1 Å². The van der Waals surface area contributed by atoms with Gasteiger partial charge in [0.25, 0.3) is 6.43 Å². The number of carbonyl (C=O) groups is 1. The summed E-state index contributed by atoms with van der Waals surface area (Å²) in [5, 5.41) is 11.2. The van der Waals surface area contributed by atoms with Crippen molar-refractivity contribution in [2.75, 3.05) is 12.9 Å². The van der Waals surface area contributed by atoms with Crippen LogP contribution in [0.3, 0.4) is 0 Å². The third-order valence-electron chi connectivity index (χ3n) is 3.57. The summed E-state index contributed by atoms with van der Waals surface area (Å²) < 4.78 is 56.1. The van der Waals surface area contributed by atoms with Gasteiger partial charge in [0.1, 0.15) is 0 Å². The van der Waals surface area contributed by atoms with Crippen LogP contribution in [-0.2, 0) is 19.4 Å². The van der Waals surface area contributed by atoms with Crippen molar-refractivity contribution in [3.63, 3.8) is 0 Å². The third-order valence-corrected chi connectivity index (χ3v) is 6.49. The number of rotatable bonds is 6. The fourth-order valence-corrected chi connectivity index (χ4v) is 4.49. The smallest absolute Gasteiger partial charge is 0.306 e. The minimum absolute atomic E-state index is 0.0421. The van der Waals surface area contributed by atoms with E-state index in [0.717, 1.165) is 7.11 Å².